The van der Waals surface area contributed by atoms with Crippen molar-refractivity contribution in [2.75, 3.05) is 31.7 Å². The van der Waals surface area contributed by atoms with Crippen LogP contribution in [-0.2, 0) is 4.79 Å². The summed E-state index contributed by atoms with van der Waals surface area (Å²) in [7, 11) is 0. The number of hydrogen-bond acceptors (Lipinski definition) is 3. The number of nitrogens with zero attached hydrogens (tertiary/aromatic N) is 1. The Bertz CT molecular complexity index is 526. The van der Waals surface area contributed by atoms with Crippen molar-refractivity contribution in [3.63, 3.8) is 0 Å². The average Bonchev–Trinajstić information content (AvgIpc) is 3.06. The van der Waals surface area contributed by atoms with Crippen molar-refractivity contribution in [2.24, 2.45) is 11.8 Å². The molecule has 0 spiro atoms. The summed E-state index contributed by atoms with van der Waals surface area (Å²) in [5.41, 5.74) is 2.71. The molecule has 0 aromatic heterocycles. The van der Waals surface area contributed by atoms with E-state index in [4.69, 9.17) is 4.74 Å². The Labute approximate surface area is 130 Å². The molecule has 3 nitrogen and oxygen atoms in total. The highest BCUT2D eigenvalue weighted by Gasteiger charge is 2.35. The highest BCUT2D eigenvalue weighted by atomic mass is 32.2. The molecule has 3 rings (SSSR count). The lowest BCUT2D eigenvalue weighted by Crippen LogP contribution is -2.18. The largest absolute Gasteiger partial charge is 0.493 e. The SMILES string of the molecule is CSCCOc1ccc(C2=CC3CN(C=O)CC3C2)cc1. The van der Waals surface area contributed by atoms with Gasteiger partial charge in [0.1, 0.15) is 5.75 Å². The van der Waals surface area contributed by atoms with Gasteiger partial charge in [-0.1, -0.05) is 18.2 Å². The first-order valence-electron chi connectivity index (χ1n) is 7.42. The summed E-state index contributed by atoms with van der Waals surface area (Å²) < 4.78 is 5.68. The lowest BCUT2D eigenvalue weighted by Gasteiger charge is -2.11. The summed E-state index contributed by atoms with van der Waals surface area (Å²) in [6.45, 7) is 2.55. The van der Waals surface area contributed by atoms with Gasteiger partial charge in [0.05, 0.1) is 6.61 Å². The number of likely N-dealkylation sites (tertiary alicyclic amines) is 1. The number of amides is 1. The van der Waals surface area contributed by atoms with Crippen LogP contribution in [0.3, 0.4) is 0 Å². The number of ether oxygens (including phenoxy) is 1. The van der Waals surface area contributed by atoms with Gasteiger partial charge < -0.3 is 9.64 Å². The summed E-state index contributed by atoms with van der Waals surface area (Å²) in [6.07, 6.45) is 6.51. The first-order chi connectivity index (χ1) is 10.3. The topological polar surface area (TPSA) is 29.5 Å². The fourth-order valence-electron chi connectivity index (χ4n) is 3.25. The molecule has 1 saturated heterocycles. The first-order valence-corrected chi connectivity index (χ1v) is 8.81. The maximum Gasteiger partial charge on any atom is 0.209 e. The molecule has 0 radical (unpaired) electrons. The van der Waals surface area contributed by atoms with Gasteiger partial charge in [-0.2, -0.15) is 11.8 Å². The second kappa shape index (κ2) is 6.56. The smallest absolute Gasteiger partial charge is 0.209 e. The van der Waals surface area contributed by atoms with Crippen molar-refractivity contribution in [3.8, 4) is 5.75 Å². The zero-order chi connectivity index (χ0) is 14.7. The Morgan fingerprint density at radius 1 is 1.33 bits per heavy atom. The van der Waals surface area contributed by atoms with E-state index in [1.807, 2.05) is 4.90 Å². The van der Waals surface area contributed by atoms with Crippen LogP contribution in [0, 0.1) is 11.8 Å². The van der Waals surface area contributed by atoms with Crippen LogP contribution in [0.4, 0.5) is 0 Å². The highest BCUT2D eigenvalue weighted by Crippen LogP contribution is 2.40. The Kier molecular flexibility index (Phi) is 4.54. The number of fused-ring (bicyclic) bond motifs is 1. The molecule has 2 aliphatic rings. The number of carbonyl (C=O) groups is 1. The number of hydrogen-bond donors (Lipinski definition) is 0. The second-order valence-corrected chi connectivity index (χ2v) is 6.73. The van der Waals surface area contributed by atoms with Crippen molar-refractivity contribution in [1.82, 2.24) is 4.90 Å². The van der Waals surface area contributed by atoms with E-state index in [1.54, 1.807) is 11.8 Å². The van der Waals surface area contributed by atoms with Gasteiger partial charge in [-0.05, 0) is 47.8 Å². The maximum absolute atomic E-state index is 10.8. The minimum absolute atomic E-state index is 0.544. The molecule has 2 atom stereocenters. The van der Waals surface area contributed by atoms with Crippen molar-refractivity contribution in [2.45, 2.75) is 6.42 Å². The molecule has 1 amide bonds. The van der Waals surface area contributed by atoms with Gasteiger partial charge in [-0.3, -0.25) is 4.79 Å². The Balaban J connectivity index is 1.62. The number of benzene rings is 1. The molecule has 0 N–H and O–H groups in total. The van der Waals surface area contributed by atoms with Gasteiger partial charge in [0.15, 0.2) is 0 Å². The zero-order valence-corrected chi connectivity index (χ0v) is 13.1. The third-order valence-corrected chi connectivity index (χ3v) is 4.92. The van der Waals surface area contributed by atoms with E-state index in [-0.39, 0.29) is 0 Å². The number of rotatable bonds is 6. The summed E-state index contributed by atoms with van der Waals surface area (Å²) >= 11 is 1.79. The van der Waals surface area contributed by atoms with Crippen LogP contribution < -0.4 is 4.74 Å². The molecule has 1 aromatic rings. The predicted molar refractivity (Wildman–Crippen MR) is 87.5 cm³/mol. The van der Waals surface area contributed by atoms with Crippen LogP contribution in [0.5, 0.6) is 5.75 Å². The summed E-state index contributed by atoms with van der Waals surface area (Å²) in [6, 6.07) is 8.42. The van der Waals surface area contributed by atoms with Crippen molar-refractivity contribution in [3.05, 3.63) is 35.9 Å². The minimum atomic E-state index is 0.544. The summed E-state index contributed by atoms with van der Waals surface area (Å²) in [5, 5.41) is 0. The van der Waals surface area contributed by atoms with Gasteiger partial charge in [-0.15, -0.1) is 0 Å². The molecule has 1 fully saturated rings. The molecule has 112 valence electrons. The zero-order valence-electron chi connectivity index (χ0n) is 12.3. The minimum Gasteiger partial charge on any atom is -0.493 e. The highest BCUT2D eigenvalue weighted by molar-refractivity contribution is 7.98. The molecule has 2 unspecified atom stereocenters. The molecular weight excluding hydrogens is 282 g/mol. The second-order valence-electron chi connectivity index (χ2n) is 5.74. The monoisotopic (exact) mass is 303 g/mol. The molecule has 0 saturated carbocycles. The van der Waals surface area contributed by atoms with E-state index in [1.165, 1.54) is 11.1 Å². The predicted octanol–water partition coefficient (Wildman–Crippen LogP) is 2.92. The van der Waals surface area contributed by atoms with Crippen LogP contribution in [0.2, 0.25) is 0 Å². The van der Waals surface area contributed by atoms with E-state index in [0.717, 1.165) is 44.0 Å². The molecule has 1 aliphatic heterocycles. The van der Waals surface area contributed by atoms with Crippen molar-refractivity contribution in [1.29, 1.82) is 0 Å². The third kappa shape index (κ3) is 3.26. The Morgan fingerprint density at radius 3 is 2.81 bits per heavy atom. The number of carbonyl (C=O) groups excluding carboxylic acids is 1. The lowest BCUT2D eigenvalue weighted by molar-refractivity contribution is -0.117. The van der Waals surface area contributed by atoms with E-state index in [9.17, 15) is 4.79 Å². The summed E-state index contributed by atoms with van der Waals surface area (Å²) in [4.78, 5) is 12.7. The van der Waals surface area contributed by atoms with Crippen LogP contribution in [0.1, 0.15) is 12.0 Å². The van der Waals surface area contributed by atoms with E-state index < -0.39 is 0 Å². The van der Waals surface area contributed by atoms with Crippen LogP contribution in [0.15, 0.2) is 30.3 Å². The van der Waals surface area contributed by atoms with E-state index >= 15 is 0 Å². The average molecular weight is 303 g/mol. The van der Waals surface area contributed by atoms with Crippen LogP contribution >= 0.6 is 11.8 Å². The van der Waals surface area contributed by atoms with E-state index in [2.05, 4.69) is 36.6 Å². The van der Waals surface area contributed by atoms with Crippen LogP contribution in [0.25, 0.3) is 5.57 Å². The maximum atomic E-state index is 10.8. The quantitative estimate of drug-likeness (QED) is 0.598. The van der Waals surface area contributed by atoms with Gasteiger partial charge in [0, 0.05) is 18.8 Å². The molecule has 1 heterocycles. The Morgan fingerprint density at radius 2 is 2.14 bits per heavy atom. The lowest BCUT2D eigenvalue weighted by atomic mass is 9.98. The first kappa shape index (κ1) is 14.5. The van der Waals surface area contributed by atoms with Crippen molar-refractivity contribution >= 4 is 23.7 Å². The third-order valence-electron chi connectivity index (χ3n) is 4.35. The standard InChI is InChI=1S/C17H21NO2S/c1-21-7-6-20-17-4-2-13(3-5-17)14-8-15-10-18(12-19)11-16(15)9-14/h2-5,8,12,15-16H,6-7,9-11H2,1H3. The molecule has 4 heteroatoms. The van der Waals surface area contributed by atoms with Gasteiger partial charge >= 0.3 is 0 Å². The number of thioether (sulfide) groups is 1. The molecule has 1 aliphatic carbocycles. The van der Waals surface area contributed by atoms with Gasteiger partial charge in [0.25, 0.3) is 0 Å². The fourth-order valence-corrected chi connectivity index (χ4v) is 3.50. The normalized spacial score (nSPS) is 23.9. The molecule has 21 heavy (non-hydrogen) atoms. The summed E-state index contributed by atoms with van der Waals surface area (Å²) in [5.74, 6) is 3.12. The van der Waals surface area contributed by atoms with Gasteiger partial charge in [0.2, 0.25) is 6.41 Å². The number of allylic oxidation sites excluding steroid dienone is 1. The van der Waals surface area contributed by atoms with Crippen LogP contribution in [-0.4, -0.2) is 43.0 Å². The fraction of sp³-hybridized carbons (Fsp3) is 0.471. The Hall–Kier alpha value is -1.42. The molecule has 1 aromatic carbocycles. The van der Waals surface area contributed by atoms with Crippen molar-refractivity contribution < 1.29 is 9.53 Å². The molecule has 0 bridgehead atoms. The molecular formula is C17H21NO2S. The van der Waals surface area contributed by atoms with Gasteiger partial charge in [-0.25, -0.2) is 0 Å². The van der Waals surface area contributed by atoms with E-state index in [0.29, 0.717) is 11.8 Å².